The number of ether oxygens (including phenoxy) is 1. The Labute approximate surface area is 225 Å². The van der Waals surface area contributed by atoms with Gasteiger partial charge in [-0.15, -0.1) is 0 Å². The van der Waals surface area contributed by atoms with Gasteiger partial charge in [0.05, 0.1) is 24.6 Å². The quantitative estimate of drug-likeness (QED) is 0.354. The summed E-state index contributed by atoms with van der Waals surface area (Å²) in [5, 5.41) is 7.68. The van der Waals surface area contributed by atoms with Crippen LogP contribution in [-0.2, 0) is 26.3 Å². The number of imide groups is 1. The van der Waals surface area contributed by atoms with E-state index >= 15 is 0 Å². The lowest BCUT2D eigenvalue weighted by Crippen LogP contribution is -2.53. The number of methoxy groups -OCH3 is 1. The molecule has 3 N–H and O–H groups in total. The van der Waals surface area contributed by atoms with Crippen LogP contribution < -0.4 is 20.3 Å². The molecule has 196 valence electrons. The first-order chi connectivity index (χ1) is 18.8. The van der Waals surface area contributed by atoms with E-state index in [2.05, 4.69) is 15.6 Å². The average Bonchev–Trinajstić information content (AvgIpc) is 3.65. The fourth-order valence-electron chi connectivity index (χ4n) is 6.82. The van der Waals surface area contributed by atoms with E-state index in [1.54, 1.807) is 31.4 Å². The van der Waals surface area contributed by atoms with E-state index in [4.69, 9.17) is 4.74 Å². The molecule has 0 saturated carbocycles. The standard InChI is InChI=1S/C31H28N4O4/c1-16-8-13-22-27(17(16)2)33-30(38)31(22)26-25(24(34-31)14-18-15-32-23-7-5-4-6-21(18)23)28(36)35(29(26)37)19-9-11-20(39-3)12-10-19/h4-13,15,24-26,32,34H,14H2,1-3H3,(H,33,38)/t24-,25+,26-,31+/m0/s1. The van der Waals surface area contributed by atoms with Crippen molar-refractivity contribution in [3.8, 4) is 5.75 Å². The van der Waals surface area contributed by atoms with Gasteiger partial charge in [-0.25, -0.2) is 4.90 Å². The van der Waals surface area contributed by atoms with E-state index in [-0.39, 0.29) is 17.7 Å². The molecule has 3 aliphatic rings. The van der Waals surface area contributed by atoms with Crippen molar-refractivity contribution >= 4 is 40.0 Å². The summed E-state index contributed by atoms with van der Waals surface area (Å²) in [6.45, 7) is 3.96. The smallest absolute Gasteiger partial charge is 0.250 e. The number of fused-ring (bicyclic) bond motifs is 5. The Morgan fingerprint density at radius 2 is 1.72 bits per heavy atom. The van der Waals surface area contributed by atoms with E-state index in [0.29, 0.717) is 17.9 Å². The Kier molecular flexibility index (Phi) is 5.03. The number of benzene rings is 3. The molecule has 3 aromatic carbocycles. The number of para-hydroxylation sites is 1. The van der Waals surface area contributed by atoms with Crippen LogP contribution in [0.25, 0.3) is 10.9 Å². The molecule has 0 radical (unpaired) electrons. The van der Waals surface area contributed by atoms with E-state index in [1.807, 2.05) is 56.4 Å². The van der Waals surface area contributed by atoms with Gasteiger partial charge in [-0.2, -0.15) is 0 Å². The number of carbonyl (C=O) groups is 3. The van der Waals surface area contributed by atoms with Crippen LogP contribution >= 0.6 is 0 Å². The number of aryl methyl sites for hydroxylation is 1. The van der Waals surface area contributed by atoms with Gasteiger partial charge in [-0.05, 0) is 67.3 Å². The number of H-pyrrole nitrogens is 1. The van der Waals surface area contributed by atoms with Crippen molar-refractivity contribution in [3.05, 3.63) is 89.1 Å². The lowest BCUT2D eigenvalue weighted by atomic mass is 9.75. The number of aromatic nitrogens is 1. The molecule has 4 aromatic rings. The molecule has 8 heteroatoms. The van der Waals surface area contributed by atoms with Crippen molar-refractivity contribution in [1.82, 2.24) is 10.3 Å². The zero-order chi connectivity index (χ0) is 27.1. The summed E-state index contributed by atoms with van der Waals surface area (Å²) in [7, 11) is 1.57. The highest BCUT2D eigenvalue weighted by atomic mass is 16.5. The van der Waals surface area contributed by atoms with Gasteiger partial charge in [0.25, 0.3) is 0 Å². The summed E-state index contributed by atoms with van der Waals surface area (Å²) >= 11 is 0. The van der Waals surface area contributed by atoms with Crippen LogP contribution in [0.2, 0.25) is 0 Å². The number of nitrogens with zero attached hydrogens (tertiary/aromatic N) is 1. The fraction of sp³-hybridized carbons (Fsp3) is 0.258. The molecule has 2 fully saturated rings. The molecule has 8 nitrogen and oxygen atoms in total. The molecular weight excluding hydrogens is 492 g/mol. The van der Waals surface area contributed by atoms with Crippen molar-refractivity contribution in [2.45, 2.75) is 31.8 Å². The molecule has 4 heterocycles. The lowest BCUT2D eigenvalue weighted by Gasteiger charge is -2.29. The number of carbonyl (C=O) groups excluding carboxylic acids is 3. The van der Waals surface area contributed by atoms with E-state index < -0.39 is 23.4 Å². The summed E-state index contributed by atoms with van der Waals surface area (Å²) in [5.41, 5.74) is 4.61. The van der Waals surface area contributed by atoms with Crippen LogP contribution in [0.1, 0.15) is 22.3 Å². The minimum absolute atomic E-state index is 0.291. The number of anilines is 2. The topological polar surface area (TPSA) is 104 Å². The third-order valence-corrected chi connectivity index (χ3v) is 8.87. The summed E-state index contributed by atoms with van der Waals surface area (Å²) in [6, 6.07) is 18.3. The van der Waals surface area contributed by atoms with E-state index in [0.717, 1.165) is 38.8 Å². The first-order valence-corrected chi connectivity index (χ1v) is 13.1. The van der Waals surface area contributed by atoms with Gasteiger partial charge in [0, 0.05) is 34.4 Å². The van der Waals surface area contributed by atoms with Gasteiger partial charge in [0.2, 0.25) is 17.7 Å². The zero-order valence-corrected chi connectivity index (χ0v) is 21.9. The molecule has 3 amide bonds. The van der Waals surface area contributed by atoms with Crippen molar-refractivity contribution in [2.75, 3.05) is 17.3 Å². The van der Waals surface area contributed by atoms with Crippen molar-refractivity contribution in [2.24, 2.45) is 11.8 Å². The molecule has 39 heavy (non-hydrogen) atoms. The number of hydrogen-bond acceptors (Lipinski definition) is 5. The number of rotatable bonds is 4. The monoisotopic (exact) mass is 520 g/mol. The third-order valence-electron chi connectivity index (χ3n) is 8.87. The normalized spacial score (nSPS) is 25.5. The van der Waals surface area contributed by atoms with Crippen molar-refractivity contribution in [1.29, 1.82) is 0 Å². The molecular formula is C31H28N4O4. The highest BCUT2D eigenvalue weighted by Crippen LogP contribution is 2.54. The molecule has 0 bridgehead atoms. The molecule has 7 rings (SSSR count). The average molecular weight is 521 g/mol. The SMILES string of the molecule is COc1ccc(N2C(=O)[C@@H]3[C@H](Cc4c[nH]c5ccccc45)N[C@@]4(C(=O)Nc5c4ccc(C)c5C)[C@@H]3C2=O)cc1. The fourth-order valence-corrected chi connectivity index (χ4v) is 6.82. The Hall–Kier alpha value is -4.43. The zero-order valence-electron chi connectivity index (χ0n) is 21.9. The summed E-state index contributed by atoms with van der Waals surface area (Å²) in [6.07, 6.45) is 2.43. The van der Waals surface area contributed by atoms with Gasteiger partial charge in [0.15, 0.2) is 0 Å². The maximum atomic E-state index is 14.2. The molecule has 4 atom stereocenters. The minimum atomic E-state index is -1.34. The number of hydrogen-bond donors (Lipinski definition) is 3. The first kappa shape index (κ1) is 23.7. The Morgan fingerprint density at radius 3 is 2.49 bits per heavy atom. The van der Waals surface area contributed by atoms with Crippen molar-refractivity contribution in [3.63, 3.8) is 0 Å². The predicted octanol–water partition coefficient (Wildman–Crippen LogP) is 3.96. The van der Waals surface area contributed by atoms with Crippen LogP contribution in [0.4, 0.5) is 11.4 Å². The summed E-state index contributed by atoms with van der Waals surface area (Å²) < 4.78 is 5.27. The lowest BCUT2D eigenvalue weighted by molar-refractivity contribution is -0.130. The summed E-state index contributed by atoms with van der Waals surface area (Å²) in [4.78, 5) is 46.8. The van der Waals surface area contributed by atoms with Crippen LogP contribution in [0, 0.1) is 25.7 Å². The molecule has 3 aliphatic heterocycles. The molecule has 2 saturated heterocycles. The third kappa shape index (κ3) is 3.12. The molecule has 1 spiro atoms. The van der Waals surface area contributed by atoms with Crippen molar-refractivity contribution < 1.29 is 19.1 Å². The van der Waals surface area contributed by atoms with Gasteiger partial charge >= 0.3 is 0 Å². The van der Waals surface area contributed by atoms with Gasteiger partial charge in [-0.1, -0.05) is 30.3 Å². The van der Waals surface area contributed by atoms with E-state index in [9.17, 15) is 14.4 Å². The van der Waals surface area contributed by atoms with Gasteiger partial charge in [-0.3, -0.25) is 19.7 Å². The second-order valence-corrected chi connectivity index (χ2v) is 10.7. The largest absolute Gasteiger partial charge is 0.497 e. The van der Waals surface area contributed by atoms with Gasteiger partial charge in [0.1, 0.15) is 11.3 Å². The predicted molar refractivity (Wildman–Crippen MR) is 148 cm³/mol. The molecule has 0 aliphatic carbocycles. The summed E-state index contributed by atoms with van der Waals surface area (Å²) in [5.74, 6) is -1.93. The molecule has 1 aromatic heterocycles. The van der Waals surface area contributed by atoms with Crippen LogP contribution in [-0.4, -0.2) is 35.9 Å². The Bertz CT molecular complexity index is 1690. The maximum absolute atomic E-state index is 14.2. The number of nitrogens with one attached hydrogen (secondary N) is 3. The molecule has 0 unspecified atom stereocenters. The highest BCUT2D eigenvalue weighted by Gasteiger charge is 2.70. The maximum Gasteiger partial charge on any atom is 0.250 e. The highest BCUT2D eigenvalue weighted by molar-refractivity contribution is 6.26. The second-order valence-electron chi connectivity index (χ2n) is 10.7. The van der Waals surface area contributed by atoms with Crippen LogP contribution in [0.3, 0.4) is 0 Å². The number of amides is 3. The minimum Gasteiger partial charge on any atom is -0.497 e. The van der Waals surface area contributed by atoms with Crippen LogP contribution in [0.15, 0.2) is 66.9 Å². The first-order valence-electron chi connectivity index (χ1n) is 13.1. The van der Waals surface area contributed by atoms with Gasteiger partial charge < -0.3 is 15.0 Å². The Morgan fingerprint density at radius 1 is 0.949 bits per heavy atom. The number of aromatic amines is 1. The Balaban J connectivity index is 1.38. The second kappa shape index (κ2) is 8.28. The van der Waals surface area contributed by atoms with E-state index in [1.165, 1.54) is 4.90 Å². The van der Waals surface area contributed by atoms with Crippen LogP contribution in [0.5, 0.6) is 5.75 Å².